The van der Waals surface area contributed by atoms with Crippen molar-refractivity contribution in [2.24, 2.45) is 0 Å². The van der Waals surface area contributed by atoms with Crippen LogP contribution in [0.5, 0.6) is 17.2 Å². The standard InChI is InChI=1S/C23H22N2O4/c1-16(19-6-9-21-22(13-19)28-12-11-27-21)25-23(26)18-4-7-20(8-5-18)29-15-17-3-2-10-24-14-17/h2-10,13-14,16H,11-12,15H2,1H3,(H,25,26). The number of rotatable bonds is 6. The zero-order chi connectivity index (χ0) is 20.1. The lowest BCUT2D eigenvalue weighted by Gasteiger charge is -2.21. The van der Waals surface area contributed by atoms with Crippen molar-refractivity contribution in [2.75, 3.05) is 13.2 Å². The van der Waals surface area contributed by atoms with Gasteiger partial charge in [0.15, 0.2) is 11.5 Å². The molecule has 1 atom stereocenters. The number of carbonyl (C=O) groups is 1. The van der Waals surface area contributed by atoms with E-state index in [1.165, 1.54) is 0 Å². The molecule has 0 spiro atoms. The van der Waals surface area contributed by atoms with Gasteiger partial charge in [-0.1, -0.05) is 12.1 Å². The van der Waals surface area contributed by atoms with Gasteiger partial charge in [0, 0.05) is 23.5 Å². The lowest BCUT2D eigenvalue weighted by atomic mass is 10.1. The minimum absolute atomic E-state index is 0.147. The minimum atomic E-state index is -0.167. The summed E-state index contributed by atoms with van der Waals surface area (Å²) in [5, 5.41) is 3.01. The van der Waals surface area contributed by atoms with Gasteiger partial charge in [0.25, 0.3) is 5.91 Å². The van der Waals surface area contributed by atoms with E-state index in [1.807, 2.05) is 37.3 Å². The van der Waals surface area contributed by atoms with E-state index in [9.17, 15) is 4.79 Å². The number of benzene rings is 2. The summed E-state index contributed by atoms with van der Waals surface area (Å²) in [6, 6.07) is 16.5. The van der Waals surface area contributed by atoms with Gasteiger partial charge < -0.3 is 19.5 Å². The van der Waals surface area contributed by atoms with Crippen LogP contribution >= 0.6 is 0 Å². The molecule has 0 radical (unpaired) electrons. The highest BCUT2D eigenvalue weighted by molar-refractivity contribution is 5.94. The van der Waals surface area contributed by atoms with Crippen LogP contribution in [0.15, 0.2) is 67.0 Å². The molecule has 0 bridgehead atoms. The second kappa shape index (κ2) is 8.65. The number of ether oxygens (including phenoxy) is 3. The van der Waals surface area contributed by atoms with E-state index in [2.05, 4.69) is 10.3 Å². The largest absolute Gasteiger partial charge is 0.489 e. The Balaban J connectivity index is 1.35. The maximum atomic E-state index is 12.6. The molecule has 4 rings (SSSR count). The first-order valence-electron chi connectivity index (χ1n) is 9.51. The zero-order valence-electron chi connectivity index (χ0n) is 16.1. The molecule has 2 aromatic carbocycles. The number of nitrogens with one attached hydrogen (secondary N) is 1. The lowest BCUT2D eigenvalue weighted by Crippen LogP contribution is -2.26. The van der Waals surface area contributed by atoms with Crippen molar-refractivity contribution in [3.63, 3.8) is 0 Å². The van der Waals surface area contributed by atoms with E-state index in [1.54, 1.807) is 36.7 Å². The predicted molar refractivity (Wildman–Crippen MR) is 108 cm³/mol. The zero-order valence-corrected chi connectivity index (χ0v) is 16.1. The van der Waals surface area contributed by atoms with Gasteiger partial charge in [-0.05, 0) is 55.0 Å². The van der Waals surface area contributed by atoms with Gasteiger partial charge >= 0.3 is 0 Å². The Bertz CT molecular complexity index is 974. The third-order valence-corrected chi connectivity index (χ3v) is 4.66. The van der Waals surface area contributed by atoms with Crippen molar-refractivity contribution < 1.29 is 19.0 Å². The van der Waals surface area contributed by atoms with Gasteiger partial charge in [-0.15, -0.1) is 0 Å². The second-order valence-electron chi connectivity index (χ2n) is 6.77. The van der Waals surface area contributed by atoms with Crippen molar-refractivity contribution in [1.29, 1.82) is 0 Å². The van der Waals surface area contributed by atoms with Crippen molar-refractivity contribution in [2.45, 2.75) is 19.6 Å². The average molecular weight is 390 g/mol. The Kier molecular flexibility index (Phi) is 5.61. The predicted octanol–water partition coefficient (Wildman–Crippen LogP) is 3.92. The van der Waals surface area contributed by atoms with Gasteiger partial charge in [0.1, 0.15) is 25.6 Å². The molecule has 6 heteroatoms. The molecule has 1 aliphatic rings. The third-order valence-electron chi connectivity index (χ3n) is 4.66. The number of amides is 1. The van der Waals surface area contributed by atoms with Crippen LogP contribution in [0.1, 0.15) is 34.5 Å². The Morgan fingerprint density at radius 3 is 2.66 bits per heavy atom. The van der Waals surface area contributed by atoms with Crippen molar-refractivity contribution in [3.8, 4) is 17.2 Å². The van der Waals surface area contributed by atoms with Crippen molar-refractivity contribution in [1.82, 2.24) is 10.3 Å². The monoisotopic (exact) mass is 390 g/mol. The van der Waals surface area contributed by atoms with Crippen molar-refractivity contribution in [3.05, 3.63) is 83.7 Å². The topological polar surface area (TPSA) is 69.7 Å². The molecule has 3 aromatic rings. The molecule has 1 aliphatic heterocycles. The molecule has 148 valence electrons. The lowest BCUT2D eigenvalue weighted by molar-refractivity contribution is 0.0939. The number of hydrogen-bond donors (Lipinski definition) is 1. The van der Waals surface area contributed by atoms with E-state index in [0.29, 0.717) is 36.9 Å². The van der Waals surface area contributed by atoms with Crippen LogP contribution in [0.4, 0.5) is 0 Å². The summed E-state index contributed by atoms with van der Waals surface area (Å²) >= 11 is 0. The van der Waals surface area contributed by atoms with Crippen LogP contribution in [0.25, 0.3) is 0 Å². The molecule has 6 nitrogen and oxygen atoms in total. The molecule has 0 saturated heterocycles. The first kappa shape index (κ1) is 18.8. The van der Waals surface area contributed by atoms with Crippen LogP contribution in [-0.4, -0.2) is 24.1 Å². The summed E-state index contributed by atoms with van der Waals surface area (Å²) < 4.78 is 16.9. The summed E-state index contributed by atoms with van der Waals surface area (Å²) in [4.78, 5) is 16.7. The molecule has 1 unspecified atom stereocenters. The fourth-order valence-corrected chi connectivity index (χ4v) is 3.05. The van der Waals surface area contributed by atoms with E-state index in [4.69, 9.17) is 14.2 Å². The summed E-state index contributed by atoms with van der Waals surface area (Å²) in [7, 11) is 0. The molecule has 2 heterocycles. The number of aromatic nitrogens is 1. The van der Waals surface area contributed by atoms with E-state index in [-0.39, 0.29) is 11.9 Å². The Hall–Kier alpha value is -3.54. The fraction of sp³-hybridized carbons (Fsp3) is 0.217. The van der Waals surface area contributed by atoms with Crippen LogP contribution in [0.3, 0.4) is 0 Å². The quantitative estimate of drug-likeness (QED) is 0.691. The minimum Gasteiger partial charge on any atom is -0.489 e. The van der Waals surface area contributed by atoms with Crippen LogP contribution in [0, 0.1) is 0 Å². The number of fused-ring (bicyclic) bond motifs is 1. The molecule has 1 amide bonds. The highest BCUT2D eigenvalue weighted by atomic mass is 16.6. The summed E-state index contributed by atoms with van der Waals surface area (Å²) in [5.74, 6) is 2.00. The Morgan fingerprint density at radius 1 is 1.10 bits per heavy atom. The smallest absolute Gasteiger partial charge is 0.251 e. The van der Waals surface area contributed by atoms with Crippen LogP contribution in [-0.2, 0) is 6.61 Å². The van der Waals surface area contributed by atoms with E-state index >= 15 is 0 Å². The number of pyridine rings is 1. The maximum Gasteiger partial charge on any atom is 0.251 e. The van der Waals surface area contributed by atoms with E-state index in [0.717, 1.165) is 16.9 Å². The SMILES string of the molecule is CC(NC(=O)c1ccc(OCc2cccnc2)cc1)c1ccc2c(c1)OCCO2. The second-order valence-corrected chi connectivity index (χ2v) is 6.77. The van der Waals surface area contributed by atoms with Gasteiger partial charge in [-0.25, -0.2) is 0 Å². The fourth-order valence-electron chi connectivity index (χ4n) is 3.05. The van der Waals surface area contributed by atoms with Crippen LogP contribution < -0.4 is 19.5 Å². The van der Waals surface area contributed by atoms with Gasteiger partial charge in [-0.2, -0.15) is 0 Å². The van der Waals surface area contributed by atoms with Gasteiger partial charge in [0.2, 0.25) is 0 Å². The molecule has 0 saturated carbocycles. The summed E-state index contributed by atoms with van der Waals surface area (Å²) in [5.41, 5.74) is 2.52. The first-order valence-corrected chi connectivity index (χ1v) is 9.51. The van der Waals surface area contributed by atoms with Gasteiger partial charge in [0.05, 0.1) is 6.04 Å². The number of nitrogens with zero attached hydrogens (tertiary/aromatic N) is 1. The number of carbonyl (C=O) groups excluding carboxylic acids is 1. The molecular formula is C23H22N2O4. The molecule has 1 N–H and O–H groups in total. The molecule has 1 aromatic heterocycles. The van der Waals surface area contributed by atoms with Gasteiger partial charge in [-0.3, -0.25) is 9.78 Å². The highest BCUT2D eigenvalue weighted by Gasteiger charge is 2.16. The first-order chi connectivity index (χ1) is 14.2. The van der Waals surface area contributed by atoms with E-state index < -0.39 is 0 Å². The summed E-state index contributed by atoms with van der Waals surface area (Å²) in [6.45, 7) is 3.46. The Morgan fingerprint density at radius 2 is 1.90 bits per heavy atom. The molecule has 0 fully saturated rings. The molecular weight excluding hydrogens is 368 g/mol. The molecule has 29 heavy (non-hydrogen) atoms. The molecule has 0 aliphatic carbocycles. The van der Waals surface area contributed by atoms with Crippen LogP contribution in [0.2, 0.25) is 0 Å². The highest BCUT2D eigenvalue weighted by Crippen LogP contribution is 2.32. The summed E-state index contributed by atoms with van der Waals surface area (Å²) in [6.07, 6.45) is 3.49. The normalized spacial score (nSPS) is 13.4. The Labute approximate surface area is 169 Å². The average Bonchev–Trinajstić information content (AvgIpc) is 2.78. The number of hydrogen-bond acceptors (Lipinski definition) is 5. The maximum absolute atomic E-state index is 12.6. The van der Waals surface area contributed by atoms with Crippen molar-refractivity contribution >= 4 is 5.91 Å². The third kappa shape index (κ3) is 4.66.